The summed E-state index contributed by atoms with van der Waals surface area (Å²) < 4.78 is 0. The van der Waals surface area contributed by atoms with Crippen molar-refractivity contribution < 1.29 is 0 Å². The highest BCUT2D eigenvalue weighted by Gasteiger charge is 2.75. The van der Waals surface area contributed by atoms with Crippen molar-refractivity contribution in [1.82, 2.24) is 0 Å². The van der Waals surface area contributed by atoms with Gasteiger partial charge in [-0.25, -0.2) is 0 Å². The summed E-state index contributed by atoms with van der Waals surface area (Å²) in [4.78, 5) is 0. The van der Waals surface area contributed by atoms with Crippen molar-refractivity contribution >= 4 is 0 Å². The molecule has 0 spiro atoms. The van der Waals surface area contributed by atoms with Crippen LogP contribution in [0.1, 0.15) is 132 Å². The van der Waals surface area contributed by atoms with E-state index < -0.39 is 0 Å². The van der Waals surface area contributed by atoms with Crippen LogP contribution in [0.15, 0.2) is 36.4 Å². The van der Waals surface area contributed by atoms with E-state index in [-0.39, 0.29) is 10.8 Å². The van der Waals surface area contributed by atoms with Gasteiger partial charge >= 0.3 is 0 Å². The Morgan fingerprint density at radius 1 is 0.500 bits per heavy atom. The molecule has 2 unspecified atom stereocenters. The minimum Gasteiger partial charge on any atom is -0.101 e. The molecule has 2 aromatic carbocycles. The summed E-state index contributed by atoms with van der Waals surface area (Å²) in [6.45, 7) is 7.94. The molecule has 0 radical (unpaired) electrons. The average Bonchev–Trinajstić information content (AvgIpc) is 2.99. The van der Waals surface area contributed by atoms with E-state index in [1.54, 1.807) is 0 Å². The summed E-state index contributed by atoms with van der Waals surface area (Å²) in [5.74, 6) is 32.7. The molecular formula is C44H46. The Kier molecular flexibility index (Phi) is 6.64. The Morgan fingerprint density at radius 2 is 0.909 bits per heavy atom. The fourth-order valence-corrected chi connectivity index (χ4v) is 13.4. The fourth-order valence-electron chi connectivity index (χ4n) is 13.4. The van der Waals surface area contributed by atoms with Crippen molar-refractivity contribution in [3.8, 4) is 47.4 Å². The van der Waals surface area contributed by atoms with Gasteiger partial charge in [0.25, 0.3) is 0 Å². The van der Waals surface area contributed by atoms with E-state index >= 15 is 0 Å². The third-order valence-corrected chi connectivity index (χ3v) is 13.6. The topological polar surface area (TPSA) is 0 Å². The van der Waals surface area contributed by atoms with Gasteiger partial charge in [-0.2, -0.15) is 0 Å². The Morgan fingerprint density at radius 3 is 1.32 bits per heavy atom. The zero-order valence-corrected chi connectivity index (χ0v) is 27.2. The summed E-state index contributed by atoms with van der Waals surface area (Å²) in [5.41, 5.74) is 7.94. The molecular weight excluding hydrogens is 528 g/mol. The maximum atomic E-state index is 3.70. The zero-order valence-electron chi connectivity index (χ0n) is 27.2. The first-order chi connectivity index (χ1) is 21.5. The number of hydrogen-bond donors (Lipinski definition) is 0. The van der Waals surface area contributed by atoms with E-state index in [2.05, 4.69) is 83.8 Å². The van der Waals surface area contributed by atoms with Crippen LogP contribution in [0.5, 0.6) is 0 Å². The van der Waals surface area contributed by atoms with Crippen molar-refractivity contribution in [1.29, 1.82) is 0 Å². The second kappa shape index (κ2) is 10.4. The van der Waals surface area contributed by atoms with E-state index in [9.17, 15) is 0 Å². The third kappa shape index (κ3) is 3.71. The molecule has 222 valence electrons. The summed E-state index contributed by atoms with van der Waals surface area (Å²) in [7, 11) is 0. The van der Waals surface area contributed by atoms with E-state index in [4.69, 9.17) is 0 Å². The van der Waals surface area contributed by atoms with Crippen molar-refractivity contribution in [2.45, 2.75) is 104 Å². The van der Waals surface area contributed by atoms with Gasteiger partial charge in [0.2, 0.25) is 0 Å². The molecule has 8 bridgehead atoms. The lowest BCUT2D eigenvalue weighted by atomic mass is 9.26. The van der Waals surface area contributed by atoms with Gasteiger partial charge in [-0.3, -0.25) is 0 Å². The van der Waals surface area contributed by atoms with Gasteiger partial charge in [-0.05, 0) is 168 Å². The van der Waals surface area contributed by atoms with Crippen molar-refractivity contribution in [3.63, 3.8) is 0 Å². The van der Waals surface area contributed by atoms with Gasteiger partial charge < -0.3 is 0 Å². The lowest BCUT2D eigenvalue weighted by molar-refractivity contribution is -0.234. The first-order valence-corrected chi connectivity index (χ1v) is 17.5. The van der Waals surface area contributed by atoms with Crippen LogP contribution in [-0.4, -0.2) is 0 Å². The lowest BCUT2D eigenvalue weighted by Gasteiger charge is -2.77. The second-order valence-corrected chi connectivity index (χ2v) is 15.6. The molecule has 8 aliphatic carbocycles. The van der Waals surface area contributed by atoms with Gasteiger partial charge in [-0.1, -0.05) is 47.9 Å². The molecule has 0 heterocycles. The minimum absolute atomic E-state index is 0.151. The van der Waals surface area contributed by atoms with Crippen LogP contribution < -0.4 is 0 Å². The summed E-state index contributed by atoms with van der Waals surface area (Å²) in [6, 6.07) is 14.0. The van der Waals surface area contributed by atoms with Crippen LogP contribution in [0.2, 0.25) is 0 Å². The van der Waals surface area contributed by atoms with Crippen LogP contribution in [0.3, 0.4) is 0 Å². The number of rotatable bonds is 3. The highest BCUT2D eigenvalue weighted by molar-refractivity contribution is 5.66. The average molecular weight is 575 g/mol. The summed E-state index contributed by atoms with van der Waals surface area (Å²) in [6.07, 6.45) is 15.6. The standard InChI is InChI=1S/C44H46/c1-5-11-35-15-9-17-40(38(35)13-7-3)44(41-18-10-16-36(12-6-2)39(41)14-8-4)37-23-33-22-34(24-37)29-43(44,28-33)42-25-30-19-31(26-42)21-32(20-30)27-42/h9-10,15-18,30-34,37H,19-29H2,1-4H3. The molecule has 0 aliphatic heterocycles. The van der Waals surface area contributed by atoms with Crippen LogP contribution in [0.4, 0.5) is 0 Å². The van der Waals surface area contributed by atoms with Crippen LogP contribution in [-0.2, 0) is 5.41 Å². The quantitative estimate of drug-likeness (QED) is 0.320. The normalized spacial score (nSPS) is 36.2. The fraction of sp³-hybridized carbons (Fsp3) is 0.545. The van der Waals surface area contributed by atoms with E-state index in [0.29, 0.717) is 11.3 Å². The van der Waals surface area contributed by atoms with Gasteiger partial charge in [0.05, 0.1) is 0 Å². The van der Waals surface area contributed by atoms with Crippen molar-refractivity contribution in [2.24, 2.45) is 46.3 Å². The molecule has 8 fully saturated rings. The smallest absolute Gasteiger partial charge is 0.0443 e. The molecule has 10 rings (SSSR count). The molecule has 0 amide bonds. The molecule has 8 saturated carbocycles. The maximum Gasteiger partial charge on any atom is 0.0443 e. The van der Waals surface area contributed by atoms with E-state index in [0.717, 1.165) is 40.7 Å². The zero-order chi connectivity index (χ0) is 30.1. The number of benzene rings is 2. The largest absolute Gasteiger partial charge is 0.101 e. The van der Waals surface area contributed by atoms with Gasteiger partial charge in [0.15, 0.2) is 0 Å². The van der Waals surface area contributed by atoms with Crippen LogP contribution in [0, 0.1) is 93.7 Å². The Hall–Kier alpha value is -3.32. The molecule has 2 aromatic rings. The van der Waals surface area contributed by atoms with E-state index in [1.165, 1.54) is 92.9 Å². The first-order valence-electron chi connectivity index (χ1n) is 17.5. The SMILES string of the molecule is CC#Cc1cccc(C2(c3cccc(C#CC)c3C#CC)C3CC4CC(C3)CC2(C23CC5CC(CC(C5)C2)C3)C4)c1C#CC. The highest BCUT2D eigenvalue weighted by atomic mass is 14.8. The van der Waals surface area contributed by atoms with E-state index in [1.807, 2.05) is 27.7 Å². The van der Waals surface area contributed by atoms with Gasteiger partial charge in [0.1, 0.15) is 0 Å². The minimum atomic E-state index is -0.151. The lowest BCUT2D eigenvalue weighted by Crippen LogP contribution is -2.71. The maximum absolute atomic E-state index is 3.70. The predicted octanol–water partition coefficient (Wildman–Crippen LogP) is 9.50. The Balaban J connectivity index is 1.53. The third-order valence-electron chi connectivity index (χ3n) is 13.6. The molecule has 8 aliphatic rings. The van der Waals surface area contributed by atoms with Gasteiger partial charge in [0, 0.05) is 27.7 Å². The monoisotopic (exact) mass is 574 g/mol. The molecule has 0 heteroatoms. The van der Waals surface area contributed by atoms with Crippen molar-refractivity contribution in [2.75, 3.05) is 0 Å². The first kappa shape index (κ1) is 28.2. The Bertz CT molecular complexity index is 1630. The highest BCUT2D eigenvalue weighted by Crippen LogP contribution is 2.81. The summed E-state index contributed by atoms with van der Waals surface area (Å²) >= 11 is 0. The molecule has 44 heavy (non-hydrogen) atoms. The van der Waals surface area contributed by atoms with Crippen LogP contribution >= 0.6 is 0 Å². The molecule has 0 saturated heterocycles. The summed E-state index contributed by atoms with van der Waals surface area (Å²) in [5, 5.41) is 0. The molecule has 0 aromatic heterocycles. The molecule has 0 nitrogen and oxygen atoms in total. The van der Waals surface area contributed by atoms with Crippen LogP contribution in [0.25, 0.3) is 0 Å². The molecule has 0 N–H and O–H groups in total. The molecule has 2 atom stereocenters. The van der Waals surface area contributed by atoms with Gasteiger partial charge in [-0.15, -0.1) is 23.7 Å². The Labute approximate surface area is 266 Å². The predicted molar refractivity (Wildman–Crippen MR) is 180 cm³/mol. The second-order valence-electron chi connectivity index (χ2n) is 15.6. The number of hydrogen-bond acceptors (Lipinski definition) is 0. The van der Waals surface area contributed by atoms with Crippen molar-refractivity contribution in [3.05, 3.63) is 69.8 Å².